The Kier molecular flexibility index (Phi) is 4.06. The average Bonchev–Trinajstić information content (AvgIpc) is 3.08. The van der Waals surface area contributed by atoms with E-state index in [0.717, 1.165) is 31.0 Å². The van der Waals surface area contributed by atoms with Gasteiger partial charge in [-0.05, 0) is 32.3 Å². The summed E-state index contributed by atoms with van der Waals surface area (Å²) in [7, 11) is 0. The second-order valence-corrected chi connectivity index (χ2v) is 5.99. The molecule has 2 unspecified atom stereocenters. The molecule has 3 rings (SSSR count). The average molecular weight is 284 g/mol. The van der Waals surface area contributed by atoms with Gasteiger partial charge in [0.15, 0.2) is 0 Å². The molecule has 0 fully saturated rings. The van der Waals surface area contributed by atoms with E-state index in [4.69, 9.17) is 0 Å². The van der Waals surface area contributed by atoms with Crippen LogP contribution < -0.4 is 5.32 Å². The standard InChI is InChI=1S/C17H24N4/c1-4-15(14-9-7-12(2)8-10-14)18-13(3)17-20-19-16-6-5-11-21(16)17/h7-10,13,15,18H,4-6,11H2,1-3H3. The summed E-state index contributed by atoms with van der Waals surface area (Å²) in [5.41, 5.74) is 2.65. The molecule has 0 aliphatic carbocycles. The van der Waals surface area contributed by atoms with E-state index in [1.165, 1.54) is 17.5 Å². The maximum atomic E-state index is 4.38. The van der Waals surface area contributed by atoms with Crippen molar-refractivity contribution in [2.75, 3.05) is 0 Å². The normalized spacial score (nSPS) is 16.7. The van der Waals surface area contributed by atoms with Gasteiger partial charge in [-0.1, -0.05) is 36.8 Å². The van der Waals surface area contributed by atoms with Gasteiger partial charge in [0, 0.05) is 19.0 Å². The first-order chi connectivity index (χ1) is 10.2. The minimum atomic E-state index is 0.218. The number of nitrogens with one attached hydrogen (secondary N) is 1. The molecule has 21 heavy (non-hydrogen) atoms. The SMILES string of the molecule is CCC(NC(C)c1nnc2n1CCC2)c1ccc(C)cc1. The number of hydrogen-bond acceptors (Lipinski definition) is 3. The highest BCUT2D eigenvalue weighted by molar-refractivity contribution is 5.24. The Morgan fingerprint density at radius 2 is 2.00 bits per heavy atom. The van der Waals surface area contributed by atoms with E-state index >= 15 is 0 Å². The fourth-order valence-corrected chi connectivity index (χ4v) is 3.12. The molecule has 1 aliphatic heterocycles. The summed E-state index contributed by atoms with van der Waals surface area (Å²) in [5.74, 6) is 2.22. The van der Waals surface area contributed by atoms with Crippen LogP contribution in [0.5, 0.6) is 0 Å². The summed E-state index contributed by atoms with van der Waals surface area (Å²) in [6.45, 7) is 7.59. The first-order valence-corrected chi connectivity index (χ1v) is 7.93. The van der Waals surface area contributed by atoms with Gasteiger partial charge in [0.2, 0.25) is 0 Å². The van der Waals surface area contributed by atoms with Crippen LogP contribution in [0, 0.1) is 6.92 Å². The van der Waals surface area contributed by atoms with Crippen LogP contribution in [0.2, 0.25) is 0 Å². The zero-order valence-electron chi connectivity index (χ0n) is 13.1. The van der Waals surface area contributed by atoms with E-state index in [1.54, 1.807) is 0 Å². The Hall–Kier alpha value is -1.68. The molecule has 0 amide bonds. The number of fused-ring (bicyclic) bond motifs is 1. The molecule has 1 aliphatic rings. The van der Waals surface area contributed by atoms with Crippen molar-refractivity contribution in [1.29, 1.82) is 0 Å². The quantitative estimate of drug-likeness (QED) is 0.915. The molecule has 0 bridgehead atoms. The highest BCUT2D eigenvalue weighted by Gasteiger charge is 2.23. The van der Waals surface area contributed by atoms with Gasteiger partial charge >= 0.3 is 0 Å². The summed E-state index contributed by atoms with van der Waals surface area (Å²) in [6, 6.07) is 9.37. The van der Waals surface area contributed by atoms with Crippen LogP contribution >= 0.6 is 0 Å². The topological polar surface area (TPSA) is 42.7 Å². The fourth-order valence-electron chi connectivity index (χ4n) is 3.12. The van der Waals surface area contributed by atoms with Crippen molar-refractivity contribution in [2.45, 2.75) is 58.7 Å². The van der Waals surface area contributed by atoms with Crippen molar-refractivity contribution in [2.24, 2.45) is 0 Å². The Balaban J connectivity index is 1.75. The third-order valence-electron chi connectivity index (χ3n) is 4.36. The molecule has 2 heterocycles. The van der Waals surface area contributed by atoms with Crippen molar-refractivity contribution >= 4 is 0 Å². The first-order valence-electron chi connectivity index (χ1n) is 7.93. The molecule has 2 atom stereocenters. The van der Waals surface area contributed by atoms with Gasteiger partial charge in [-0.25, -0.2) is 0 Å². The van der Waals surface area contributed by atoms with Gasteiger partial charge in [-0.3, -0.25) is 0 Å². The Morgan fingerprint density at radius 1 is 1.24 bits per heavy atom. The summed E-state index contributed by atoms with van der Waals surface area (Å²) < 4.78 is 2.28. The van der Waals surface area contributed by atoms with Crippen molar-refractivity contribution in [3.05, 3.63) is 47.0 Å². The van der Waals surface area contributed by atoms with E-state index in [0.29, 0.717) is 6.04 Å². The molecule has 0 radical (unpaired) electrons. The van der Waals surface area contributed by atoms with Gasteiger partial charge < -0.3 is 9.88 Å². The van der Waals surface area contributed by atoms with E-state index in [1.807, 2.05) is 0 Å². The number of benzene rings is 1. The molecule has 1 aromatic heterocycles. The number of aryl methyl sites for hydroxylation is 2. The van der Waals surface area contributed by atoms with Crippen molar-refractivity contribution in [3.8, 4) is 0 Å². The van der Waals surface area contributed by atoms with Crippen LogP contribution in [0.25, 0.3) is 0 Å². The zero-order valence-corrected chi connectivity index (χ0v) is 13.1. The van der Waals surface area contributed by atoms with Gasteiger partial charge in [0.05, 0.1) is 6.04 Å². The molecule has 0 spiro atoms. The molecule has 2 aromatic rings. The molecule has 0 saturated carbocycles. The fraction of sp³-hybridized carbons (Fsp3) is 0.529. The van der Waals surface area contributed by atoms with Crippen LogP contribution in [-0.4, -0.2) is 14.8 Å². The van der Waals surface area contributed by atoms with Gasteiger partial charge in [0.1, 0.15) is 11.6 Å². The predicted octanol–water partition coefficient (Wildman–Crippen LogP) is 3.33. The van der Waals surface area contributed by atoms with Crippen LogP contribution in [0.15, 0.2) is 24.3 Å². The van der Waals surface area contributed by atoms with Crippen LogP contribution in [0.3, 0.4) is 0 Å². The highest BCUT2D eigenvalue weighted by atomic mass is 15.3. The maximum absolute atomic E-state index is 4.38. The lowest BCUT2D eigenvalue weighted by Gasteiger charge is -2.22. The number of rotatable bonds is 5. The van der Waals surface area contributed by atoms with Crippen LogP contribution in [0.1, 0.15) is 61.5 Å². The Labute approximate surface area is 126 Å². The third kappa shape index (κ3) is 2.86. The monoisotopic (exact) mass is 284 g/mol. The molecular formula is C17H24N4. The minimum absolute atomic E-state index is 0.218. The lowest BCUT2D eigenvalue weighted by Crippen LogP contribution is -2.26. The van der Waals surface area contributed by atoms with Gasteiger partial charge in [-0.2, -0.15) is 0 Å². The third-order valence-corrected chi connectivity index (χ3v) is 4.36. The molecule has 1 N–H and O–H groups in total. The minimum Gasteiger partial charge on any atom is -0.314 e. The predicted molar refractivity (Wildman–Crippen MR) is 84.1 cm³/mol. The van der Waals surface area contributed by atoms with E-state index in [9.17, 15) is 0 Å². The number of hydrogen-bond donors (Lipinski definition) is 1. The molecule has 112 valence electrons. The molecule has 4 heteroatoms. The number of nitrogens with zero attached hydrogens (tertiary/aromatic N) is 3. The zero-order chi connectivity index (χ0) is 14.8. The second-order valence-electron chi connectivity index (χ2n) is 5.99. The van der Waals surface area contributed by atoms with E-state index in [2.05, 4.69) is 65.1 Å². The summed E-state index contributed by atoms with van der Waals surface area (Å²) >= 11 is 0. The first kappa shape index (κ1) is 14.3. The Morgan fingerprint density at radius 3 is 2.71 bits per heavy atom. The van der Waals surface area contributed by atoms with Crippen LogP contribution in [-0.2, 0) is 13.0 Å². The van der Waals surface area contributed by atoms with Gasteiger partial charge in [-0.15, -0.1) is 10.2 Å². The summed E-state index contributed by atoms with van der Waals surface area (Å²) in [6.07, 6.45) is 3.32. The number of aromatic nitrogens is 3. The molecule has 0 saturated heterocycles. The van der Waals surface area contributed by atoms with Crippen molar-refractivity contribution in [3.63, 3.8) is 0 Å². The van der Waals surface area contributed by atoms with Crippen LogP contribution in [0.4, 0.5) is 0 Å². The second kappa shape index (κ2) is 5.98. The van der Waals surface area contributed by atoms with Gasteiger partial charge in [0.25, 0.3) is 0 Å². The summed E-state index contributed by atoms with van der Waals surface area (Å²) in [4.78, 5) is 0. The smallest absolute Gasteiger partial charge is 0.149 e. The molecule has 1 aromatic carbocycles. The maximum Gasteiger partial charge on any atom is 0.149 e. The van der Waals surface area contributed by atoms with E-state index in [-0.39, 0.29) is 6.04 Å². The lowest BCUT2D eigenvalue weighted by atomic mass is 10.0. The molecule has 4 nitrogen and oxygen atoms in total. The van der Waals surface area contributed by atoms with Crippen molar-refractivity contribution in [1.82, 2.24) is 20.1 Å². The Bertz CT molecular complexity index is 600. The van der Waals surface area contributed by atoms with E-state index < -0.39 is 0 Å². The lowest BCUT2D eigenvalue weighted by molar-refractivity contribution is 0.430. The van der Waals surface area contributed by atoms with Crippen molar-refractivity contribution < 1.29 is 0 Å². The highest BCUT2D eigenvalue weighted by Crippen LogP contribution is 2.24. The largest absolute Gasteiger partial charge is 0.314 e. The molecular weight excluding hydrogens is 260 g/mol. The summed E-state index contributed by atoms with van der Waals surface area (Å²) in [5, 5.41) is 12.4.